The smallest absolute Gasteiger partial charge is 0.321 e. The minimum Gasteiger partial charge on any atom is -0.497 e. The maximum atomic E-state index is 14.3. The van der Waals surface area contributed by atoms with Gasteiger partial charge in [-0.25, -0.2) is 18.6 Å². The lowest BCUT2D eigenvalue weighted by molar-refractivity contribution is -0.120. The molecule has 3 rings (SSSR count). The molecule has 1 aromatic carbocycles. The molecule has 1 aliphatic rings. The molecule has 1 fully saturated rings. The molecule has 7 nitrogen and oxygen atoms in total. The Bertz CT molecular complexity index is 840. The number of halogens is 3. The number of hydrogen-bond acceptors (Lipinski definition) is 5. The number of benzene rings is 1. The molecule has 1 aromatic heterocycles. The number of hydrogen-bond donors (Lipinski definition) is 3. The molecule has 2 heterocycles. The van der Waals surface area contributed by atoms with Crippen molar-refractivity contribution < 1.29 is 23.1 Å². The zero-order valence-corrected chi connectivity index (χ0v) is 14.9. The molecule has 26 heavy (non-hydrogen) atoms. The van der Waals surface area contributed by atoms with Crippen LogP contribution in [0.2, 0.25) is 4.34 Å². The molecule has 0 unspecified atom stereocenters. The van der Waals surface area contributed by atoms with E-state index in [1.807, 2.05) is 0 Å². The van der Waals surface area contributed by atoms with Gasteiger partial charge in [0.05, 0.1) is 13.3 Å². The summed E-state index contributed by atoms with van der Waals surface area (Å²) in [5.74, 6) is -3.16. The molecule has 0 aliphatic carbocycles. The van der Waals surface area contributed by atoms with Crippen molar-refractivity contribution in [3.63, 3.8) is 0 Å². The van der Waals surface area contributed by atoms with E-state index < -0.39 is 35.5 Å². The van der Waals surface area contributed by atoms with Crippen LogP contribution in [-0.2, 0) is 4.79 Å². The molecule has 2 atom stereocenters. The van der Waals surface area contributed by atoms with E-state index in [9.17, 15) is 18.4 Å². The van der Waals surface area contributed by atoms with Gasteiger partial charge in [0.2, 0.25) is 5.91 Å². The summed E-state index contributed by atoms with van der Waals surface area (Å²) in [6, 6.07) is 0.159. The molecular formula is C15H13ClF2N4O3S. The van der Waals surface area contributed by atoms with Gasteiger partial charge in [-0.1, -0.05) is 22.9 Å². The first-order valence-corrected chi connectivity index (χ1v) is 8.58. The van der Waals surface area contributed by atoms with E-state index in [2.05, 4.69) is 20.9 Å². The second-order valence-corrected chi connectivity index (χ2v) is 7.06. The minimum atomic E-state index is -1.15. The Morgan fingerprint density at radius 3 is 2.69 bits per heavy atom. The highest BCUT2D eigenvalue weighted by Gasteiger charge is 2.40. The van der Waals surface area contributed by atoms with E-state index in [1.54, 1.807) is 0 Å². The largest absolute Gasteiger partial charge is 0.497 e. The Morgan fingerprint density at radius 1 is 1.42 bits per heavy atom. The molecule has 1 saturated heterocycles. The lowest BCUT2D eigenvalue weighted by Gasteiger charge is -2.20. The molecule has 0 spiro atoms. The van der Waals surface area contributed by atoms with Crippen LogP contribution in [0.25, 0.3) is 0 Å². The van der Waals surface area contributed by atoms with Crippen molar-refractivity contribution in [2.45, 2.75) is 12.0 Å². The van der Waals surface area contributed by atoms with Crippen molar-refractivity contribution in [3.8, 4) is 5.75 Å². The van der Waals surface area contributed by atoms with E-state index in [4.69, 9.17) is 16.3 Å². The first-order valence-electron chi connectivity index (χ1n) is 7.38. The minimum absolute atomic E-state index is 0.0175. The summed E-state index contributed by atoms with van der Waals surface area (Å²) in [5, 5.41) is 7.55. The molecule has 0 bridgehead atoms. The normalized spacial score (nSPS) is 19.2. The summed E-state index contributed by atoms with van der Waals surface area (Å²) < 4.78 is 33.8. The highest BCUT2D eigenvalue weighted by molar-refractivity contribution is 7.19. The third kappa shape index (κ3) is 3.70. The monoisotopic (exact) mass is 402 g/mol. The van der Waals surface area contributed by atoms with Gasteiger partial charge in [0, 0.05) is 30.2 Å². The predicted octanol–water partition coefficient (Wildman–Crippen LogP) is 2.49. The number of methoxy groups -OCH3 is 1. The topological polar surface area (TPSA) is 92.4 Å². The van der Waals surface area contributed by atoms with E-state index in [-0.39, 0.29) is 23.0 Å². The van der Waals surface area contributed by atoms with Crippen molar-refractivity contribution in [1.29, 1.82) is 0 Å². The van der Waals surface area contributed by atoms with Gasteiger partial charge in [0.25, 0.3) is 0 Å². The Balaban J connectivity index is 1.80. The fraction of sp³-hybridized carbons (Fsp3) is 0.267. The van der Waals surface area contributed by atoms with Crippen LogP contribution in [0.15, 0.2) is 18.3 Å². The number of nitrogens with one attached hydrogen (secondary N) is 3. The number of nitrogens with zero attached hydrogens (tertiary/aromatic N) is 1. The van der Waals surface area contributed by atoms with Crippen molar-refractivity contribution >= 4 is 40.0 Å². The maximum absolute atomic E-state index is 14.3. The lowest BCUT2D eigenvalue weighted by atomic mass is 9.93. The van der Waals surface area contributed by atoms with Crippen molar-refractivity contribution in [3.05, 3.63) is 39.9 Å². The number of carbonyl (C=O) groups is 2. The summed E-state index contributed by atoms with van der Waals surface area (Å²) in [6.07, 6.45) is 1.36. The van der Waals surface area contributed by atoms with Gasteiger partial charge in [-0.2, -0.15) is 0 Å². The van der Waals surface area contributed by atoms with E-state index in [0.29, 0.717) is 4.34 Å². The summed E-state index contributed by atoms with van der Waals surface area (Å²) in [6.45, 7) is -0.0208. The number of thiazole rings is 1. The third-order valence-corrected chi connectivity index (χ3v) is 4.85. The van der Waals surface area contributed by atoms with Crippen LogP contribution in [0, 0.1) is 11.6 Å². The number of urea groups is 1. The van der Waals surface area contributed by atoms with Crippen LogP contribution in [0.1, 0.15) is 11.5 Å². The molecule has 3 amide bonds. The molecule has 0 radical (unpaired) electrons. The van der Waals surface area contributed by atoms with Crippen LogP contribution in [0.3, 0.4) is 0 Å². The molecular weight excluding hydrogens is 390 g/mol. The van der Waals surface area contributed by atoms with Gasteiger partial charge in [-0.15, -0.1) is 0 Å². The fourth-order valence-electron chi connectivity index (χ4n) is 2.68. The fourth-order valence-corrected chi connectivity index (χ4v) is 3.48. The van der Waals surface area contributed by atoms with E-state index >= 15 is 0 Å². The third-order valence-electron chi connectivity index (χ3n) is 3.82. The average Bonchev–Trinajstić information content (AvgIpc) is 3.14. The number of carbonyl (C=O) groups excluding carboxylic acids is 2. The second kappa shape index (κ2) is 7.42. The van der Waals surface area contributed by atoms with Crippen molar-refractivity contribution in [1.82, 2.24) is 15.6 Å². The molecule has 11 heteroatoms. The molecule has 138 valence electrons. The summed E-state index contributed by atoms with van der Waals surface area (Å²) in [4.78, 5) is 28.0. The highest BCUT2D eigenvalue weighted by atomic mass is 35.5. The van der Waals surface area contributed by atoms with Crippen molar-refractivity contribution in [2.75, 3.05) is 19.0 Å². The van der Waals surface area contributed by atoms with Crippen LogP contribution < -0.4 is 20.7 Å². The number of amides is 3. The maximum Gasteiger partial charge on any atom is 0.321 e. The lowest BCUT2D eigenvalue weighted by Crippen LogP contribution is -2.45. The first kappa shape index (κ1) is 18.3. The Labute approximate surface area is 155 Å². The van der Waals surface area contributed by atoms with Crippen LogP contribution in [-0.4, -0.2) is 36.6 Å². The standard InChI is InChI=1S/C15H13ClF2N4O3S/c1-25-6-2-8(17)11(9(18)3-6)7-4-19-13(23)12(7)21-14(24)22-15-20-5-10(16)26-15/h2-3,5,7,12H,4H2,1H3,(H,19,23)(H2,20,21,22,24)/t7-,12-/m0/s1. The summed E-state index contributed by atoms with van der Waals surface area (Å²) in [5.41, 5.74) is -0.299. The summed E-state index contributed by atoms with van der Waals surface area (Å²) >= 11 is 6.76. The number of ether oxygens (including phenoxy) is 1. The summed E-state index contributed by atoms with van der Waals surface area (Å²) in [7, 11) is 1.29. The number of aromatic nitrogens is 1. The second-order valence-electron chi connectivity index (χ2n) is 5.40. The number of rotatable bonds is 4. The van der Waals surface area contributed by atoms with Gasteiger partial charge < -0.3 is 15.4 Å². The predicted molar refractivity (Wildman–Crippen MR) is 91.7 cm³/mol. The molecule has 0 saturated carbocycles. The zero-order valence-electron chi connectivity index (χ0n) is 13.3. The van der Waals surface area contributed by atoms with E-state index in [0.717, 1.165) is 23.5 Å². The van der Waals surface area contributed by atoms with Gasteiger partial charge in [0.15, 0.2) is 5.13 Å². The molecule has 2 aromatic rings. The first-order chi connectivity index (χ1) is 12.4. The Kier molecular flexibility index (Phi) is 5.23. The van der Waals surface area contributed by atoms with E-state index in [1.165, 1.54) is 13.3 Å². The average molecular weight is 403 g/mol. The van der Waals surface area contributed by atoms with Gasteiger partial charge in [-0.05, 0) is 0 Å². The van der Waals surface area contributed by atoms with Crippen LogP contribution >= 0.6 is 22.9 Å². The van der Waals surface area contributed by atoms with Gasteiger partial charge in [0.1, 0.15) is 27.8 Å². The SMILES string of the molecule is COc1cc(F)c([C@@H]2CNC(=O)[C@H]2NC(=O)Nc2ncc(Cl)s2)c(F)c1. The molecule has 1 aliphatic heterocycles. The quantitative estimate of drug-likeness (QED) is 0.732. The Hall–Kier alpha value is -2.46. The van der Waals surface area contributed by atoms with Gasteiger partial charge >= 0.3 is 6.03 Å². The van der Waals surface area contributed by atoms with Gasteiger partial charge in [-0.3, -0.25) is 10.1 Å². The molecule has 3 N–H and O–H groups in total. The Morgan fingerprint density at radius 2 is 2.12 bits per heavy atom. The van der Waals surface area contributed by atoms with Crippen LogP contribution in [0.4, 0.5) is 18.7 Å². The van der Waals surface area contributed by atoms with Crippen LogP contribution in [0.5, 0.6) is 5.75 Å². The zero-order chi connectivity index (χ0) is 18.8. The van der Waals surface area contributed by atoms with Crippen molar-refractivity contribution in [2.24, 2.45) is 0 Å². The highest BCUT2D eigenvalue weighted by Crippen LogP contribution is 2.31. The number of anilines is 1.